The zero-order valence-electron chi connectivity index (χ0n) is 30.6. The Balaban J connectivity index is 0.951. The number of hydrogen-bond donors (Lipinski definition) is 0. The molecule has 5 aromatic rings. The summed E-state index contributed by atoms with van der Waals surface area (Å²) in [5, 5.41) is 2.68. The van der Waals surface area contributed by atoms with E-state index < -0.39 is 0 Å². The molecule has 1 aliphatic heterocycles. The van der Waals surface area contributed by atoms with Crippen molar-refractivity contribution in [1.82, 2.24) is 4.57 Å². The van der Waals surface area contributed by atoms with Crippen LogP contribution in [0.15, 0.2) is 186 Å². The first-order valence-electron chi connectivity index (χ1n) is 20.0. The summed E-state index contributed by atoms with van der Waals surface area (Å²) in [5.74, 6) is 1.49. The van der Waals surface area contributed by atoms with Gasteiger partial charge >= 0.3 is 0 Å². The first kappa shape index (κ1) is 31.6. The molecule has 0 spiro atoms. The summed E-state index contributed by atoms with van der Waals surface area (Å²) >= 11 is 0. The summed E-state index contributed by atoms with van der Waals surface area (Å²) in [4.78, 5) is 2.60. The Morgan fingerprint density at radius 3 is 2.43 bits per heavy atom. The van der Waals surface area contributed by atoms with Gasteiger partial charge in [-0.05, 0) is 126 Å². The molecule has 2 heteroatoms. The van der Waals surface area contributed by atoms with Crippen LogP contribution in [-0.2, 0) is 0 Å². The SMILES string of the molecule is C1=CCC(C2C=C(C3=CCCC(N4C5=CC=C(c6ccc7c(c6)c6ccccc6n7C6CC=Cc7ccccc76)CC5c5ccccc54)=C3)C=CC2)C=C1. The van der Waals surface area contributed by atoms with Crippen LogP contribution in [0.2, 0.25) is 0 Å². The molecule has 0 saturated carbocycles. The zero-order chi connectivity index (χ0) is 35.6. The number of fused-ring (bicyclic) bond motifs is 7. The molecule has 2 heterocycles. The number of hydrogen-bond acceptors (Lipinski definition) is 1. The quantitative estimate of drug-likeness (QED) is 0.178. The van der Waals surface area contributed by atoms with Crippen molar-refractivity contribution in [3.05, 3.63) is 209 Å². The molecule has 6 aliphatic rings. The Labute approximate surface area is 318 Å². The van der Waals surface area contributed by atoms with Gasteiger partial charge in [0.15, 0.2) is 0 Å². The van der Waals surface area contributed by atoms with Gasteiger partial charge in [-0.15, -0.1) is 0 Å². The molecule has 0 bridgehead atoms. The number of rotatable bonds is 5. The van der Waals surface area contributed by atoms with E-state index in [1.54, 1.807) is 0 Å². The van der Waals surface area contributed by atoms with Crippen LogP contribution in [0.5, 0.6) is 0 Å². The lowest BCUT2D eigenvalue weighted by atomic mass is 9.80. The predicted molar refractivity (Wildman–Crippen MR) is 227 cm³/mol. The second-order valence-corrected chi connectivity index (χ2v) is 15.8. The van der Waals surface area contributed by atoms with Gasteiger partial charge < -0.3 is 9.47 Å². The lowest BCUT2D eigenvalue weighted by Crippen LogP contribution is -2.22. The summed E-state index contributed by atoms with van der Waals surface area (Å²) < 4.78 is 2.60. The van der Waals surface area contributed by atoms with Crippen LogP contribution in [0.25, 0.3) is 33.5 Å². The monoisotopic (exact) mass is 696 g/mol. The topological polar surface area (TPSA) is 8.17 Å². The van der Waals surface area contributed by atoms with Crippen molar-refractivity contribution >= 4 is 39.1 Å². The van der Waals surface area contributed by atoms with Crippen molar-refractivity contribution in [3.8, 4) is 0 Å². The van der Waals surface area contributed by atoms with Crippen molar-refractivity contribution in [3.63, 3.8) is 0 Å². The zero-order valence-corrected chi connectivity index (χ0v) is 30.6. The minimum atomic E-state index is 0.280. The first-order chi connectivity index (χ1) is 26.8. The highest BCUT2D eigenvalue weighted by molar-refractivity contribution is 6.09. The lowest BCUT2D eigenvalue weighted by molar-refractivity contribution is 0.476. The second-order valence-electron chi connectivity index (χ2n) is 15.8. The third kappa shape index (κ3) is 5.15. The Morgan fingerprint density at radius 1 is 0.648 bits per heavy atom. The van der Waals surface area contributed by atoms with Crippen LogP contribution in [-0.4, -0.2) is 4.57 Å². The molecule has 0 radical (unpaired) electrons. The molecular formula is C52H44N2. The van der Waals surface area contributed by atoms with E-state index in [2.05, 4.69) is 179 Å². The third-order valence-electron chi connectivity index (χ3n) is 12.8. The van der Waals surface area contributed by atoms with Crippen LogP contribution < -0.4 is 4.90 Å². The first-order valence-corrected chi connectivity index (χ1v) is 20.0. The Kier molecular flexibility index (Phi) is 7.57. The van der Waals surface area contributed by atoms with Gasteiger partial charge in [0, 0.05) is 44.8 Å². The van der Waals surface area contributed by atoms with Crippen LogP contribution in [0.1, 0.15) is 72.7 Å². The van der Waals surface area contributed by atoms with Gasteiger partial charge in [0.2, 0.25) is 0 Å². The maximum absolute atomic E-state index is 2.60. The summed E-state index contributed by atoms with van der Waals surface area (Å²) in [6.07, 6.45) is 37.2. The van der Waals surface area contributed by atoms with E-state index in [1.165, 1.54) is 77.9 Å². The minimum Gasteiger partial charge on any atom is -0.332 e. The molecule has 1 aromatic heterocycles. The summed E-state index contributed by atoms with van der Waals surface area (Å²) in [6, 6.07) is 34.6. The van der Waals surface area contributed by atoms with E-state index >= 15 is 0 Å². The second kappa shape index (κ2) is 12.9. The largest absolute Gasteiger partial charge is 0.332 e. The Hall–Kier alpha value is -5.86. The highest BCUT2D eigenvalue weighted by atomic mass is 15.2. The van der Waals surface area contributed by atoms with Crippen LogP contribution in [0.3, 0.4) is 0 Å². The van der Waals surface area contributed by atoms with Gasteiger partial charge in [-0.1, -0.05) is 134 Å². The Morgan fingerprint density at radius 2 is 1.48 bits per heavy atom. The van der Waals surface area contributed by atoms with Gasteiger partial charge in [0.1, 0.15) is 0 Å². The molecular weight excluding hydrogens is 653 g/mol. The third-order valence-corrected chi connectivity index (χ3v) is 12.8. The Bertz CT molecular complexity index is 2640. The fraction of sp³-hybridized carbons (Fsp3) is 0.192. The molecule has 4 aromatic carbocycles. The van der Waals surface area contributed by atoms with Crippen LogP contribution in [0, 0.1) is 11.8 Å². The van der Waals surface area contributed by atoms with E-state index in [0.29, 0.717) is 17.8 Å². The highest BCUT2D eigenvalue weighted by Gasteiger charge is 2.37. The standard InChI is InChI=1S/C52H44N2/c1-2-13-35(14-3-1)37-17-10-18-38(31-37)39-19-11-20-42(32-39)53-49-24-8-6-22-44(49)46-33-40(27-29-51(46)53)41-28-30-52-47(34-41)45-23-7-9-25-50(45)54(52)48-26-12-16-36-15-4-5-21-43(36)48/h1-10,12-13,15-16,18-19,21-25,27-32,34-35,37,46,48H,11,14,17,20,26,33H2. The number of anilines is 1. The van der Waals surface area contributed by atoms with Crippen molar-refractivity contribution in [2.75, 3.05) is 4.90 Å². The van der Waals surface area contributed by atoms with E-state index in [9.17, 15) is 0 Å². The molecule has 0 fully saturated rings. The average molecular weight is 697 g/mol. The molecule has 262 valence electrons. The number of aromatic nitrogens is 1. The fourth-order valence-corrected chi connectivity index (χ4v) is 10.2. The molecule has 0 amide bonds. The van der Waals surface area contributed by atoms with Crippen molar-refractivity contribution in [1.29, 1.82) is 0 Å². The van der Waals surface area contributed by atoms with Crippen molar-refractivity contribution in [2.24, 2.45) is 11.8 Å². The number of nitrogens with zero attached hydrogens (tertiary/aromatic N) is 2. The summed E-state index contributed by atoms with van der Waals surface area (Å²) in [5.41, 5.74) is 16.5. The number of para-hydroxylation sites is 2. The van der Waals surface area contributed by atoms with E-state index in [4.69, 9.17) is 0 Å². The van der Waals surface area contributed by atoms with E-state index in [1.807, 2.05) is 0 Å². The molecule has 11 rings (SSSR count). The predicted octanol–water partition coefficient (Wildman–Crippen LogP) is 13.3. The lowest BCUT2D eigenvalue weighted by Gasteiger charge is -2.31. The summed E-state index contributed by atoms with van der Waals surface area (Å²) in [6.45, 7) is 0. The maximum atomic E-state index is 2.60. The van der Waals surface area contributed by atoms with Gasteiger partial charge in [-0.2, -0.15) is 0 Å². The number of allylic oxidation sites excluding steroid dienone is 17. The van der Waals surface area contributed by atoms with Crippen molar-refractivity contribution < 1.29 is 0 Å². The maximum Gasteiger partial charge on any atom is 0.0632 e. The van der Waals surface area contributed by atoms with E-state index in [-0.39, 0.29) is 6.04 Å². The summed E-state index contributed by atoms with van der Waals surface area (Å²) in [7, 11) is 0. The van der Waals surface area contributed by atoms with Crippen LogP contribution >= 0.6 is 0 Å². The molecule has 5 aliphatic carbocycles. The molecule has 2 nitrogen and oxygen atoms in total. The smallest absolute Gasteiger partial charge is 0.0632 e. The molecule has 4 unspecified atom stereocenters. The fourth-order valence-electron chi connectivity index (χ4n) is 10.2. The normalized spacial score (nSPS) is 24.1. The molecule has 4 atom stereocenters. The van der Waals surface area contributed by atoms with Gasteiger partial charge in [0.05, 0.1) is 6.04 Å². The van der Waals surface area contributed by atoms with Gasteiger partial charge in [0.25, 0.3) is 0 Å². The minimum absolute atomic E-state index is 0.280. The molecule has 0 N–H and O–H groups in total. The van der Waals surface area contributed by atoms with Crippen LogP contribution in [0.4, 0.5) is 5.69 Å². The molecule has 54 heavy (non-hydrogen) atoms. The van der Waals surface area contributed by atoms with E-state index in [0.717, 1.165) is 38.5 Å². The molecule has 0 saturated heterocycles. The van der Waals surface area contributed by atoms with Crippen molar-refractivity contribution in [2.45, 2.75) is 50.5 Å². The average Bonchev–Trinajstić information content (AvgIpc) is 3.76. The van der Waals surface area contributed by atoms with Gasteiger partial charge in [-0.3, -0.25) is 0 Å². The highest BCUT2D eigenvalue weighted by Crippen LogP contribution is 2.52. The number of benzene rings is 4. The van der Waals surface area contributed by atoms with Gasteiger partial charge in [-0.25, -0.2) is 0 Å².